The van der Waals surface area contributed by atoms with Crippen LogP contribution < -0.4 is 0 Å². The molecule has 10 heavy (non-hydrogen) atoms. The van der Waals surface area contributed by atoms with E-state index in [1.165, 1.54) is 0 Å². The Morgan fingerprint density at radius 3 is 2.00 bits per heavy atom. The van der Waals surface area contributed by atoms with Crippen LogP contribution in [0.5, 0.6) is 0 Å². The molecule has 6 heteroatoms. The molecule has 0 aliphatic heterocycles. The van der Waals surface area contributed by atoms with E-state index < -0.39 is 14.4 Å². The summed E-state index contributed by atoms with van der Waals surface area (Å²) in [6.07, 6.45) is 1.88. The number of hydrogen-bond acceptors (Lipinski definition) is 1. The van der Waals surface area contributed by atoms with E-state index in [4.69, 9.17) is 36.9 Å². The normalized spacial score (nSPS) is 16.3. The van der Waals surface area contributed by atoms with Gasteiger partial charge in [0.2, 0.25) is 0 Å². The summed E-state index contributed by atoms with van der Waals surface area (Å²) >= 11 is -4.54. The molecule has 0 saturated heterocycles. The summed E-state index contributed by atoms with van der Waals surface area (Å²) in [5, 5.41) is 0. The zero-order valence-corrected chi connectivity index (χ0v) is 11.0. The van der Waals surface area contributed by atoms with Crippen LogP contribution in [0.3, 0.4) is 0 Å². The third-order valence-corrected chi connectivity index (χ3v) is 4.97. The van der Waals surface area contributed by atoms with E-state index in [-0.39, 0.29) is 0 Å². The first-order valence-electron chi connectivity index (χ1n) is 2.96. The molecule has 0 radical (unpaired) electrons. The van der Waals surface area contributed by atoms with Crippen LogP contribution in [0.2, 0.25) is 0 Å². The van der Waals surface area contributed by atoms with Crippen LogP contribution in [0.15, 0.2) is 0 Å². The molecule has 0 unspecified atom stereocenters. The second kappa shape index (κ2) is 4.30. The molecule has 1 nitrogen and oxygen atoms in total. The summed E-state index contributed by atoms with van der Waals surface area (Å²) < 4.78 is 4.93. The van der Waals surface area contributed by atoms with E-state index in [0.29, 0.717) is 6.61 Å². The Labute approximate surface area is 76.9 Å². The van der Waals surface area contributed by atoms with Crippen LogP contribution in [0.1, 0.15) is 19.8 Å². The van der Waals surface area contributed by atoms with Crippen LogP contribution >= 0.6 is 34.1 Å². The minimum atomic E-state index is -4.54. The Balaban J connectivity index is 3.49. The first-order valence-corrected chi connectivity index (χ1v) is 16.6. The first kappa shape index (κ1) is 12.0. The van der Waals surface area contributed by atoms with Gasteiger partial charge in [0.1, 0.15) is 0 Å². The molecule has 63 valence electrons. The van der Waals surface area contributed by atoms with Crippen molar-refractivity contribution in [1.29, 1.82) is 0 Å². The van der Waals surface area contributed by atoms with Crippen molar-refractivity contribution in [3.05, 3.63) is 0 Å². The van der Waals surface area contributed by atoms with E-state index in [1.807, 2.05) is 6.92 Å². The van der Waals surface area contributed by atoms with E-state index >= 15 is 0 Å². The van der Waals surface area contributed by atoms with Gasteiger partial charge in [0.25, 0.3) is 0 Å². The quantitative estimate of drug-likeness (QED) is 0.713. The van der Waals surface area contributed by atoms with Gasteiger partial charge in [-0.25, -0.2) is 0 Å². The molecule has 0 heterocycles. The fourth-order valence-electron chi connectivity index (χ4n) is 0.371. The molecule has 0 aromatic heterocycles. The van der Waals surface area contributed by atoms with Gasteiger partial charge in [-0.05, 0) is 0 Å². The van der Waals surface area contributed by atoms with Crippen LogP contribution in [0, 0.1) is 0 Å². The SMILES string of the molecule is CCCC[O][Zr]([Cl])([Cl])([Cl])[Cl]. The van der Waals surface area contributed by atoms with Gasteiger partial charge >= 0.3 is 77.7 Å². The van der Waals surface area contributed by atoms with Crippen molar-refractivity contribution in [3.63, 3.8) is 0 Å². The Kier molecular flexibility index (Phi) is 5.16. The van der Waals surface area contributed by atoms with Crippen molar-refractivity contribution >= 4 is 34.1 Å². The molecule has 0 bridgehead atoms. The van der Waals surface area contributed by atoms with Gasteiger partial charge in [-0.15, -0.1) is 0 Å². The maximum atomic E-state index is 5.51. The predicted octanol–water partition coefficient (Wildman–Crippen LogP) is 4.02. The Hall–Kier alpha value is 2.00. The molecular formula is C4H9Cl4OZr. The molecule has 0 rings (SSSR count). The Morgan fingerprint density at radius 1 is 1.20 bits per heavy atom. The molecule has 0 aromatic rings. The van der Waals surface area contributed by atoms with Gasteiger partial charge in [-0.2, -0.15) is 0 Å². The predicted molar refractivity (Wildman–Crippen MR) is 44.3 cm³/mol. The summed E-state index contributed by atoms with van der Waals surface area (Å²) in [6, 6.07) is 0. The maximum absolute atomic E-state index is 5.51. The zero-order valence-electron chi connectivity index (χ0n) is 5.54. The van der Waals surface area contributed by atoms with Crippen LogP contribution in [0.25, 0.3) is 0 Å². The van der Waals surface area contributed by atoms with Crippen molar-refractivity contribution < 1.29 is 17.3 Å². The molecule has 0 saturated carbocycles. The second-order valence-electron chi connectivity index (χ2n) is 1.94. The third kappa shape index (κ3) is 10.0. The van der Waals surface area contributed by atoms with Gasteiger partial charge in [-0.3, -0.25) is 0 Å². The fraction of sp³-hybridized carbons (Fsp3) is 1.00. The Bertz CT molecular complexity index is 100. The van der Waals surface area contributed by atoms with Crippen molar-refractivity contribution in [2.24, 2.45) is 0 Å². The third-order valence-electron chi connectivity index (χ3n) is 0.818. The van der Waals surface area contributed by atoms with Gasteiger partial charge < -0.3 is 0 Å². The summed E-state index contributed by atoms with van der Waals surface area (Å²) in [5.41, 5.74) is 0. The summed E-state index contributed by atoms with van der Waals surface area (Å²) in [5.74, 6) is 0. The van der Waals surface area contributed by atoms with Crippen LogP contribution in [0.4, 0.5) is 0 Å². The zero-order chi connectivity index (χ0) is 8.28. The van der Waals surface area contributed by atoms with E-state index in [0.717, 1.165) is 12.8 Å². The average Bonchev–Trinajstić information content (AvgIpc) is 1.61. The minimum absolute atomic E-state index is 0.446. The molecule has 0 aromatic carbocycles. The van der Waals surface area contributed by atoms with Gasteiger partial charge in [0.15, 0.2) is 0 Å². The standard InChI is InChI=1S/C4H9O.4ClH.Zr/c1-2-3-4-5;;;;;/h2-4H2,1H3;4*1H;/q-1;;;;;+5/p-4. The summed E-state index contributed by atoms with van der Waals surface area (Å²) in [7, 11) is 22.0. The number of hydrogen-bond donors (Lipinski definition) is 0. The number of unbranched alkanes of at least 4 members (excludes halogenated alkanes) is 1. The van der Waals surface area contributed by atoms with E-state index in [9.17, 15) is 0 Å². The van der Waals surface area contributed by atoms with Gasteiger partial charge in [-0.1, -0.05) is 0 Å². The molecule has 0 fully saturated rings. The van der Waals surface area contributed by atoms with E-state index in [2.05, 4.69) is 0 Å². The fourth-order valence-corrected chi connectivity index (χ4v) is 3.31. The van der Waals surface area contributed by atoms with Crippen LogP contribution in [-0.2, 0) is 17.3 Å². The van der Waals surface area contributed by atoms with Gasteiger partial charge in [0, 0.05) is 0 Å². The second-order valence-corrected chi connectivity index (χ2v) is 30.2. The number of rotatable bonds is 4. The average molecular weight is 306 g/mol. The molecule has 0 spiro atoms. The monoisotopic (exact) mass is 303 g/mol. The number of halogens is 4. The molecule has 0 atom stereocenters. The summed E-state index contributed by atoms with van der Waals surface area (Å²) in [6.45, 7) is 2.47. The molecule has 0 aliphatic rings. The topological polar surface area (TPSA) is 9.23 Å². The first-order chi connectivity index (χ1) is 4.31. The van der Waals surface area contributed by atoms with Crippen LogP contribution in [-0.4, -0.2) is 6.61 Å². The Morgan fingerprint density at radius 2 is 1.70 bits per heavy atom. The summed E-state index contributed by atoms with van der Waals surface area (Å²) in [4.78, 5) is 0. The van der Waals surface area contributed by atoms with E-state index in [1.54, 1.807) is 0 Å². The van der Waals surface area contributed by atoms with Gasteiger partial charge in [0.05, 0.1) is 0 Å². The van der Waals surface area contributed by atoms with Crippen molar-refractivity contribution in [3.8, 4) is 0 Å². The van der Waals surface area contributed by atoms with Crippen molar-refractivity contribution in [2.45, 2.75) is 19.8 Å². The molecule has 0 aliphatic carbocycles. The molecular weight excluding hydrogens is 297 g/mol. The molecule has 0 amide bonds. The van der Waals surface area contributed by atoms with Crippen molar-refractivity contribution in [1.82, 2.24) is 0 Å². The van der Waals surface area contributed by atoms with Crippen molar-refractivity contribution in [2.75, 3.05) is 6.61 Å². The molecule has 0 N–H and O–H groups in total.